The van der Waals surface area contributed by atoms with Crippen molar-refractivity contribution in [1.29, 1.82) is 0 Å². The van der Waals surface area contributed by atoms with Gasteiger partial charge in [0.1, 0.15) is 5.76 Å². The zero-order valence-corrected chi connectivity index (χ0v) is 11.7. The molecule has 0 spiro atoms. The minimum atomic E-state index is 0.197. The Morgan fingerprint density at radius 3 is 3.11 bits per heavy atom. The first-order valence-corrected chi connectivity index (χ1v) is 6.65. The Labute approximate surface area is 116 Å². The molecule has 0 aliphatic rings. The number of pyridine rings is 1. The molecule has 0 aliphatic carbocycles. The van der Waals surface area contributed by atoms with E-state index in [-0.39, 0.29) is 6.04 Å². The van der Waals surface area contributed by atoms with E-state index in [9.17, 15) is 0 Å². The molecule has 1 unspecified atom stereocenters. The molecule has 5 heteroatoms. The van der Waals surface area contributed by atoms with Crippen molar-refractivity contribution in [3.8, 4) is 0 Å². The zero-order chi connectivity index (χ0) is 13.4. The minimum absolute atomic E-state index is 0.197. The second-order valence-electron chi connectivity index (χ2n) is 4.82. The number of H-pyrrole nitrogens is 1. The fraction of sp³-hybridized carbons (Fsp3) is 0.286. The lowest BCUT2D eigenvalue weighted by atomic mass is 10.2. The largest absolute Gasteiger partial charge is 0.469 e. The molecule has 3 aromatic rings. The van der Waals surface area contributed by atoms with E-state index in [0.717, 1.165) is 28.9 Å². The number of fused-ring (bicyclic) bond motifs is 1. The Balaban J connectivity index is 2.04. The molecule has 3 heterocycles. The first kappa shape index (κ1) is 12.2. The first-order valence-electron chi connectivity index (χ1n) is 6.24. The van der Waals surface area contributed by atoms with Gasteiger partial charge in [-0.1, -0.05) is 0 Å². The molecule has 0 amide bonds. The molecule has 1 atom stereocenters. The van der Waals surface area contributed by atoms with Crippen LogP contribution < -0.4 is 0 Å². The second-order valence-corrected chi connectivity index (χ2v) is 5.20. The Bertz CT molecular complexity index is 755. The van der Waals surface area contributed by atoms with Gasteiger partial charge in [-0.25, -0.2) is 4.98 Å². The van der Waals surface area contributed by atoms with Crippen molar-refractivity contribution >= 4 is 23.4 Å². The average Bonchev–Trinajstić information content (AvgIpc) is 2.95. The van der Waals surface area contributed by atoms with Gasteiger partial charge in [0.25, 0.3) is 0 Å². The van der Waals surface area contributed by atoms with Crippen molar-refractivity contribution in [3.63, 3.8) is 0 Å². The van der Waals surface area contributed by atoms with E-state index in [2.05, 4.69) is 23.0 Å². The number of nitrogens with zero attached hydrogens (tertiary/aromatic N) is 2. The van der Waals surface area contributed by atoms with Crippen LogP contribution in [0.3, 0.4) is 0 Å². The monoisotopic (exact) mass is 273 g/mol. The van der Waals surface area contributed by atoms with E-state index < -0.39 is 0 Å². The van der Waals surface area contributed by atoms with Gasteiger partial charge < -0.3 is 9.40 Å². The van der Waals surface area contributed by atoms with Crippen LogP contribution in [0.2, 0.25) is 0 Å². The Morgan fingerprint density at radius 2 is 2.37 bits per heavy atom. The number of imidazole rings is 1. The lowest BCUT2D eigenvalue weighted by Gasteiger charge is -2.12. The smallest absolute Gasteiger partial charge is 0.179 e. The highest BCUT2D eigenvalue weighted by Crippen LogP contribution is 2.21. The molecule has 4 nitrogen and oxygen atoms in total. The summed E-state index contributed by atoms with van der Waals surface area (Å²) >= 11 is 5.40. The summed E-state index contributed by atoms with van der Waals surface area (Å²) in [7, 11) is 0. The first-order chi connectivity index (χ1) is 9.15. The molecule has 0 bridgehead atoms. The van der Waals surface area contributed by atoms with Gasteiger partial charge in [-0.15, -0.1) is 0 Å². The number of rotatable bonds is 3. The van der Waals surface area contributed by atoms with E-state index in [0.29, 0.717) is 4.77 Å². The third-order valence-corrected chi connectivity index (χ3v) is 3.51. The van der Waals surface area contributed by atoms with Gasteiger partial charge in [-0.3, -0.25) is 4.57 Å². The van der Waals surface area contributed by atoms with Crippen molar-refractivity contribution < 1.29 is 4.42 Å². The van der Waals surface area contributed by atoms with Crippen LogP contribution in [-0.4, -0.2) is 14.5 Å². The number of hydrogen-bond donors (Lipinski definition) is 1. The normalized spacial score (nSPS) is 12.9. The molecule has 3 aromatic heterocycles. The molecule has 0 radical (unpaired) electrons. The standard InChI is InChI=1S/C14H15N3OS/c1-9-6-12-13(15-8-9)17(14(19)16-12)10(2)7-11-4-3-5-18-11/h3-6,8,10H,7H2,1-2H3,(H,16,19). The maximum absolute atomic E-state index is 5.40. The average molecular weight is 273 g/mol. The van der Waals surface area contributed by atoms with E-state index in [4.69, 9.17) is 16.6 Å². The van der Waals surface area contributed by atoms with Crippen LogP contribution in [0.1, 0.15) is 24.3 Å². The van der Waals surface area contributed by atoms with Crippen LogP contribution >= 0.6 is 12.2 Å². The van der Waals surface area contributed by atoms with Gasteiger partial charge >= 0.3 is 0 Å². The Morgan fingerprint density at radius 1 is 1.53 bits per heavy atom. The summed E-state index contributed by atoms with van der Waals surface area (Å²) in [5, 5.41) is 0. The zero-order valence-electron chi connectivity index (χ0n) is 10.9. The summed E-state index contributed by atoms with van der Waals surface area (Å²) in [6, 6.07) is 6.14. The van der Waals surface area contributed by atoms with Crippen molar-refractivity contribution in [2.75, 3.05) is 0 Å². The molecular formula is C14H15N3OS. The van der Waals surface area contributed by atoms with Crippen LogP contribution in [0.15, 0.2) is 35.1 Å². The SMILES string of the molecule is Cc1cnc2c(c1)[nH]c(=S)n2C(C)Cc1ccco1. The van der Waals surface area contributed by atoms with Crippen molar-refractivity contribution in [2.24, 2.45) is 0 Å². The molecule has 0 fully saturated rings. The minimum Gasteiger partial charge on any atom is -0.469 e. The van der Waals surface area contributed by atoms with E-state index >= 15 is 0 Å². The van der Waals surface area contributed by atoms with Gasteiger partial charge in [-0.05, 0) is 49.8 Å². The highest BCUT2D eigenvalue weighted by atomic mass is 32.1. The van der Waals surface area contributed by atoms with Crippen LogP contribution in [0.5, 0.6) is 0 Å². The molecule has 3 rings (SSSR count). The summed E-state index contributed by atoms with van der Waals surface area (Å²) in [4.78, 5) is 7.70. The summed E-state index contributed by atoms with van der Waals surface area (Å²) < 4.78 is 8.14. The molecule has 0 saturated carbocycles. The van der Waals surface area contributed by atoms with Crippen LogP contribution in [-0.2, 0) is 6.42 Å². The van der Waals surface area contributed by atoms with Gasteiger partial charge in [0.05, 0.1) is 11.8 Å². The van der Waals surface area contributed by atoms with Gasteiger partial charge in [-0.2, -0.15) is 0 Å². The predicted molar refractivity (Wildman–Crippen MR) is 76.8 cm³/mol. The number of aromatic nitrogens is 3. The predicted octanol–water partition coefficient (Wildman–Crippen LogP) is 3.80. The third-order valence-electron chi connectivity index (χ3n) is 3.21. The van der Waals surface area contributed by atoms with E-state index in [1.807, 2.05) is 29.8 Å². The third kappa shape index (κ3) is 2.21. The topological polar surface area (TPSA) is 46.8 Å². The van der Waals surface area contributed by atoms with Crippen LogP contribution in [0, 0.1) is 11.7 Å². The quantitative estimate of drug-likeness (QED) is 0.738. The second kappa shape index (κ2) is 4.66. The summed E-state index contributed by atoms with van der Waals surface area (Å²) in [5.74, 6) is 0.955. The highest BCUT2D eigenvalue weighted by molar-refractivity contribution is 7.71. The van der Waals surface area contributed by atoms with Crippen molar-refractivity contribution in [3.05, 3.63) is 46.8 Å². The van der Waals surface area contributed by atoms with Crippen LogP contribution in [0.4, 0.5) is 0 Å². The summed E-state index contributed by atoms with van der Waals surface area (Å²) in [6.45, 7) is 4.14. The van der Waals surface area contributed by atoms with E-state index in [1.54, 1.807) is 6.26 Å². The van der Waals surface area contributed by atoms with Gasteiger partial charge in [0, 0.05) is 18.7 Å². The molecule has 19 heavy (non-hydrogen) atoms. The Kier molecular flexibility index (Phi) is 2.98. The van der Waals surface area contributed by atoms with Gasteiger partial charge in [0.2, 0.25) is 0 Å². The lowest BCUT2D eigenvalue weighted by molar-refractivity contribution is 0.451. The van der Waals surface area contributed by atoms with Gasteiger partial charge in [0.15, 0.2) is 10.4 Å². The number of nitrogens with one attached hydrogen (secondary N) is 1. The molecule has 1 N–H and O–H groups in total. The number of hydrogen-bond acceptors (Lipinski definition) is 3. The van der Waals surface area contributed by atoms with Crippen molar-refractivity contribution in [1.82, 2.24) is 14.5 Å². The van der Waals surface area contributed by atoms with E-state index in [1.165, 1.54) is 0 Å². The summed E-state index contributed by atoms with van der Waals surface area (Å²) in [5.41, 5.74) is 3.00. The maximum Gasteiger partial charge on any atom is 0.179 e. The number of furan rings is 1. The van der Waals surface area contributed by atoms with Crippen molar-refractivity contribution in [2.45, 2.75) is 26.3 Å². The molecule has 0 saturated heterocycles. The molecule has 0 aromatic carbocycles. The highest BCUT2D eigenvalue weighted by Gasteiger charge is 2.14. The molecule has 0 aliphatic heterocycles. The Hall–Kier alpha value is -1.88. The maximum atomic E-state index is 5.40. The number of aryl methyl sites for hydroxylation is 1. The summed E-state index contributed by atoms with van der Waals surface area (Å²) in [6.07, 6.45) is 4.35. The number of aromatic amines is 1. The lowest BCUT2D eigenvalue weighted by Crippen LogP contribution is -2.08. The van der Waals surface area contributed by atoms with Crippen LogP contribution in [0.25, 0.3) is 11.2 Å². The molecular weight excluding hydrogens is 258 g/mol. The fourth-order valence-corrected chi connectivity index (χ4v) is 2.71. The fourth-order valence-electron chi connectivity index (χ4n) is 2.34. The molecule has 98 valence electrons.